The summed E-state index contributed by atoms with van der Waals surface area (Å²) in [6, 6.07) is 6.07. The lowest BCUT2D eigenvalue weighted by molar-refractivity contribution is -0.153. The summed E-state index contributed by atoms with van der Waals surface area (Å²) in [5.41, 5.74) is 4.61. The van der Waals surface area contributed by atoms with E-state index in [1.807, 2.05) is 24.0 Å². The van der Waals surface area contributed by atoms with Gasteiger partial charge in [-0.15, -0.1) is 0 Å². The number of aryl methyl sites for hydroxylation is 1. The minimum atomic E-state index is -4.56. The Bertz CT molecular complexity index is 2120. The molecule has 6 heterocycles. The van der Waals surface area contributed by atoms with Gasteiger partial charge in [-0.3, -0.25) is 14.8 Å². The molecule has 4 aromatic rings. The molecule has 5 aliphatic rings. The van der Waals surface area contributed by atoms with Gasteiger partial charge in [0.05, 0.1) is 18.3 Å². The lowest BCUT2D eigenvalue weighted by Crippen LogP contribution is -2.62. The minimum absolute atomic E-state index is 0.00185. The van der Waals surface area contributed by atoms with Crippen molar-refractivity contribution in [2.24, 2.45) is 5.41 Å². The Kier molecular flexibility index (Phi) is 8.56. The molecular formula is C40H47F3N8O3. The van der Waals surface area contributed by atoms with Gasteiger partial charge < -0.3 is 24.2 Å². The summed E-state index contributed by atoms with van der Waals surface area (Å²) in [5, 5.41) is 8.90. The van der Waals surface area contributed by atoms with Crippen LogP contribution in [-0.2, 0) is 9.53 Å². The molecule has 0 radical (unpaired) electrons. The highest BCUT2D eigenvalue weighted by atomic mass is 19.4. The van der Waals surface area contributed by atoms with E-state index >= 15 is 0 Å². The molecule has 4 aliphatic heterocycles. The first-order valence-corrected chi connectivity index (χ1v) is 19.2. The molecule has 4 saturated heterocycles. The first-order valence-electron chi connectivity index (χ1n) is 19.2. The highest BCUT2D eigenvalue weighted by molar-refractivity contribution is 6.06. The molecule has 1 unspecified atom stereocenters. The van der Waals surface area contributed by atoms with Crippen LogP contribution in [0.3, 0.4) is 0 Å². The third-order valence-electron chi connectivity index (χ3n) is 12.8. The fourth-order valence-electron chi connectivity index (χ4n) is 9.52. The number of rotatable bonds is 10. The Balaban J connectivity index is 1.20. The minimum Gasteiger partial charge on any atom is -0.481 e. The Morgan fingerprint density at radius 3 is 2.46 bits per heavy atom. The number of alkyl halides is 3. The lowest BCUT2D eigenvalue weighted by atomic mass is 9.72. The molecule has 2 aromatic heterocycles. The summed E-state index contributed by atoms with van der Waals surface area (Å²) in [6.07, 6.45) is 4.20. The van der Waals surface area contributed by atoms with Crippen molar-refractivity contribution in [1.82, 2.24) is 30.0 Å². The second kappa shape index (κ2) is 13.1. The van der Waals surface area contributed by atoms with Crippen molar-refractivity contribution in [3.63, 3.8) is 0 Å². The fraction of sp³-hybridized carbons (Fsp3) is 0.550. The third kappa shape index (κ3) is 6.05. The molecule has 1 saturated carbocycles. The number of methoxy groups -OCH3 is 1. The van der Waals surface area contributed by atoms with E-state index in [1.165, 1.54) is 6.08 Å². The number of likely N-dealkylation sites (tertiary alicyclic amines) is 2. The topological polar surface area (TPSA) is 103 Å². The first-order chi connectivity index (χ1) is 26.0. The average Bonchev–Trinajstić information content (AvgIpc) is 3.68. The Hall–Kier alpha value is -4.43. The molecule has 11 nitrogen and oxygen atoms in total. The molecule has 1 amide bonds. The Labute approximate surface area is 312 Å². The number of halogens is 3. The van der Waals surface area contributed by atoms with Gasteiger partial charge in [-0.1, -0.05) is 12.6 Å². The van der Waals surface area contributed by atoms with Crippen LogP contribution in [0.2, 0.25) is 0 Å². The summed E-state index contributed by atoms with van der Waals surface area (Å²) in [5.74, 6) is 1.53. The van der Waals surface area contributed by atoms with Gasteiger partial charge in [0, 0.05) is 86.8 Å². The highest BCUT2D eigenvalue weighted by Crippen LogP contribution is 2.54. The van der Waals surface area contributed by atoms with Gasteiger partial charge in [-0.2, -0.15) is 23.3 Å². The van der Waals surface area contributed by atoms with Crippen LogP contribution >= 0.6 is 0 Å². The van der Waals surface area contributed by atoms with Crippen LogP contribution in [0.25, 0.3) is 32.9 Å². The van der Waals surface area contributed by atoms with Gasteiger partial charge >= 0.3 is 6.18 Å². The van der Waals surface area contributed by atoms with E-state index in [4.69, 9.17) is 19.4 Å². The molecule has 2 spiro atoms. The summed E-state index contributed by atoms with van der Waals surface area (Å²) in [6.45, 7) is 11.0. The number of fused-ring (bicyclic) bond motifs is 2. The molecule has 14 heteroatoms. The van der Waals surface area contributed by atoms with Crippen molar-refractivity contribution in [1.29, 1.82) is 0 Å². The van der Waals surface area contributed by atoms with Crippen LogP contribution in [0, 0.1) is 12.3 Å². The Morgan fingerprint density at radius 2 is 1.78 bits per heavy atom. The van der Waals surface area contributed by atoms with Gasteiger partial charge in [-0.05, 0) is 86.3 Å². The number of aromatic amines is 1. The zero-order valence-corrected chi connectivity index (χ0v) is 31.0. The zero-order valence-electron chi connectivity index (χ0n) is 31.0. The molecule has 0 bridgehead atoms. The number of piperidine rings is 1. The Morgan fingerprint density at radius 1 is 1.02 bits per heavy atom. The first kappa shape index (κ1) is 35.3. The van der Waals surface area contributed by atoms with Crippen molar-refractivity contribution in [2.45, 2.75) is 63.1 Å². The largest absolute Gasteiger partial charge is 0.481 e. The number of ether oxygens (including phenoxy) is 2. The molecule has 286 valence electrons. The molecule has 1 aliphatic carbocycles. The molecule has 54 heavy (non-hydrogen) atoms. The number of hydrogen-bond donors (Lipinski definition) is 1. The molecule has 2 aromatic carbocycles. The normalized spacial score (nSPS) is 22.7. The third-order valence-corrected chi connectivity index (χ3v) is 12.8. The number of carbonyl (C=O) groups is 1. The van der Waals surface area contributed by atoms with Crippen molar-refractivity contribution in [3.8, 4) is 16.9 Å². The predicted octanol–water partition coefficient (Wildman–Crippen LogP) is 6.22. The molecule has 1 atom stereocenters. The SMILES string of the molecule is C=CC(=O)N1CC2(CCN(c3nc(N4CCC5(CCN5CCOC)C4)nc4c(OCC(F)(F)F)c(-c5c(C)ccc6[nH]ncc56)c(C5CC5)cc34)CC2)C1. The maximum Gasteiger partial charge on any atom is 0.422 e. The van der Waals surface area contributed by atoms with Gasteiger partial charge in [-0.25, -0.2) is 4.98 Å². The summed E-state index contributed by atoms with van der Waals surface area (Å²) in [7, 11) is 1.72. The van der Waals surface area contributed by atoms with E-state index in [0.29, 0.717) is 55.2 Å². The van der Waals surface area contributed by atoms with Gasteiger partial charge in [0.15, 0.2) is 12.4 Å². The number of aromatic nitrogens is 4. The second-order valence-electron chi connectivity index (χ2n) is 16.2. The molecular weight excluding hydrogens is 697 g/mol. The van der Waals surface area contributed by atoms with Crippen molar-refractivity contribution < 1.29 is 27.4 Å². The van der Waals surface area contributed by atoms with Crippen LogP contribution in [0.15, 0.2) is 37.1 Å². The van der Waals surface area contributed by atoms with E-state index in [9.17, 15) is 18.0 Å². The standard InChI is InChI=1S/C40H47F3N8O3/c1-4-31(52)50-21-38(22-50)9-13-48(14-10-38)36-28-19-27(26-6-7-26)33(32-25(2)5-8-30-29(32)20-44-47-30)35(54-24-40(41,42)43)34(28)45-37(46-36)49-15-11-39(23-49)12-16-51(39)17-18-53-3/h4-5,8,19-20,26H,1,6-7,9-18,21-24H2,2-3H3,(H,44,47). The smallest absolute Gasteiger partial charge is 0.422 e. The maximum atomic E-state index is 14.2. The van der Waals surface area contributed by atoms with E-state index < -0.39 is 12.8 Å². The maximum absolute atomic E-state index is 14.2. The monoisotopic (exact) mass is 744 g/mol. The number of carbonyl (C=O) groups excluding carboxylic acids is 1. The van der Waals surface area contributed by atoms with Crippen molar-refractivity contribution in [2.75, 3.05) is 82.5 Å². The summed E-state index contributed by atoms with van der Waals surface area (Å²) < 4.78 is 53.9. The van der Waals surface area contributed by atoms with Crippen LogP contribution in [0.1, 0.15) is 55.6 Å². The van der Waals surface area contributed by atoms with E-state index in [-0.39, 0.29) is 28.5 Å². The fourth-order valence-corrected chi connectivity index (χ4v) is 9.52. The number of nitrogens with one attached hydrogen (secondary N) is 1. The number of H-pyrrole nitrogens is 1. The molecule has 9 rings (SSSR count). The van der Waals surface area contributed by atoms with E-state index in [1.54, 1.807) is 13.3 Å². The van der Waals surface area contributed by atoms with Crippen molar-refractivity contribution in [3.05, 3.63) is 48.2 Å². The van der Waals surface area contributed by atoms with Gasteiger partial charge in [0.25, 0.3) is 0 Å². The van der Waals surface area contributed by atoms with Crippen LogP contribution < -0.4 is 14.5 Å². The van der Waals surface area contributed by atoms with Gasteiger partial charge in [0.2, 0.25) is 11.9 Å². The number of amides is 1. The predicted molar refractivity (Wildman–Crippen MR) is 201 cm³/mol. The van der Waals surface area contributed by atoms with E-state index in [2.05, 4.69) is 37.5 Å². The lowest BCUT2D eigenvalue weighted by Gasteiger charge is -2.54. The average molecular weight is 745 g/mol. The van der Waals surface area contributed by atoms with Crippen LogP contribution in [-0.4, -0.2) is 120 Å². The summed E-state index contributed by atoms with van der Waals surface area (Å²) >= 11 is 0. The number of hydrogen-bond acceptors (Lipinski definition) is 9. The second-order valence-corrected chi connectivity index (χ2v) is 16.2. The molecule has 1 N–H and O–H groups in total. The van der Waals surface area contributed by atoms with Crippen molar-refractivity contribution >= 4 is 39.5 Å². The van der Waals surface area contributed by atoms with Gasteiger partial charge in [0.1, 0.15) is 11.3 Å². The van der Waals surface area contributed by atoms with Crippen LogP contribution in [0.4, 0.5) is 24.9 Å². The number of nitrogens with zero attached hydrogens (tertiary/aromatic N) is 7. The zero-order chi connectivity index (χ0) is 37.4. The quantitative estimate of drug-likeness (QED) is 0.190. The number of benzene rings is 2. The highest BCUT2D eigenvalue weighted by Gasteiger charge is 2.50. The summed E-state index contributed by atoms with van der Waals surface area (Å²) in [4.78, 5) is 31.6. The van der Waals surface area contributed by atoms with E-state index in [0.717, 1.165) is 98.1 Å². The number of anilines is 2. The molecule has 5 fully saturated rings. The van der Waals surface area contributed by atoms with Crippen LogP contribution in [0.5, 0.6) is 5.75 Å².